The number of rotatable bonds is 3. The average molecular weight is 296 g/mol. The summed E-state index contributed by atoms with van der Waals surface area (Å²) < 4.78 is 0. The lowest BCUT2D eigenvalue weighted by Gasteiger charge is -2.39. The van der Waals surface area contributed by atoms with Gasteiger partial charge >= 0.3 is 0 Å². The molecular weight excluding hydrogens is 272 g/mol. The van der Waals surface area contributed by atoms with Crippen molar-refractivity contribution in [3.63, 3.8) is 0 Å². The standard InChI is InChI=1S/C15H24N2O2S/c1-14(2)10-4-5-15(14,3)11(6-10)16-12(18)7-17-9-20-8-13(17)19/h10-11H,4-9H2,1-3H3,(H,16,18). The lowest BCUT2D eigenvalue weighted by Crippen LogP contribution is -2.49. The van der Waals surface area contributed by atoms with E-state index in [0.29, 0.717) is 17.0 Å². The Morgan fingerprint density at radius 2 is 2.20 bits per heavy atom. The van der Waals surface area contributed by atoms with Crippen LogP contribution in [0.25, 0.3) is 0 Å². The molecule has 3 atom stereocenters. The van der Waals surface area contributed by atoms with Crippen molar-refractivity contribution in [2.75, 3.05) is 18.2 Å². The summed E-state index contributed by atoms with van der Waals surface area (Å²) in [5, 5.41) is 3.21. The normalized spacial score (nSPS) is 38.5. The highest BCUT2D eigenvalue weighted by atomic mass is 32.2. The van der Waals surface area contributed by atoms with Crippen molar-refractivity contribution in [1.29, 1.82) is 0 Å². The number of hydrogen-bond donors (Lipinski definition) is 1. The van der Waals surface area contributed by atoms with Crippen molar-refractivity contribution >= 4 is 23.6 Å². The Bertz CT molecular complexity index is 451. The molecule has 3 aliphatic rings. The molecule has 20 heavy (non-hydrogen) atoms. The minimum Gasteiger partial charge on any atom is -0.351 e. The molecule has 0 aromatic heterocycles. The zero-order valence-electron chi connectivity index (χ0n) is 12.6. The molecule has 0 aromatic carbocycles. The maximum atomic E-state index is 12.2. The van der Waals surface area contributed by atoms with Gasteiger partial charge in [0.1, 0.15) is 6.54 Å². The van der Waals surface area contributed by atoms with Crippen LogP contribution in [0.2, 0.25) is 0 Å². The molecule has 3 rings (SSSR count). The predicted octanol–water partition coefficient (Wildman–Crippen LogP) is 1.85. The van der Waals surface area contributed by atoms with Crippen LogP contribution in [0.3, 0.4) is 0 Å². The predicted molar refractivity (Wildman–Crippen MR) is 80.2 cm³/mol. The van der Waals surface area contributed by atoms with Crippen LogP contribution in [0.15, 0.2) is 0 Å². The van der Waals surface area contributed by atoms with E-state index >= 15 is 0 Å². The molecule has 112 valence electrons. The van der Waals surface area contributed by atoms with Gasteiger partial charge in [-0.1, -0.05) is 20.8 Å². The fourth-order valence-electron chi connectivity index (χ4n) is 4.38. The van der Waals surface area contributed by atoms with Gasteiger partial charge in [-0.05, 0) is 36.0 Å². The SMILES string of the molecule is CC1(C)C2CCC1(C)C(NC(=O)CN1CSCC1=O)C2. The minimum atomic E-state index is 0.00965. The molecule has 3 fully saturated rings. The molecule has 4 nitrogen and oxygen atoms in total. The first kappa shape index (κ1) is 14.2. The molecule has 2 saturated carbocycles. The van der Waals surface area contributed by atoms with Crippen LogP contribution < -0.4 is 5.32 Å². The third kappa shape index (κ3) is 1.97. The Labute approximate surface area is 125 Å². The van der Waals surface area contributed by atoms with E-state index in [0.717, 1.165) is 12.3 Å². The molecule has 1 saturated heterocycles. The zero-order chi connectivity index (χ0) is 14.5. The van der Waals surface area contributed by atoms with Gasteiger partial charge in [0.05, 0.1) is 11.6 Å². The highest BCUT2D eigenvalue weighted by Gasteiger charge is 2.61. The summed E-state index contributed by atoms with van der Waals surface area (Å²) in [7, 11) is 0. The van der Waals surface area contributed by atoms with Gasteiger partial charge in [-0.2, -0.15) is 0 Å². The molecule has 1 N–H and O–H groups in total. The zero-order valence-corrected chi connectivity index (χ0v) is 13.4. The monoisotopic (exact) mass is 296 g/mol. The molecule has 2 bridgehead atoms. The molecule has 0 radical (unpaired) electrons. The Morgan fingerprint density at radius 1 is 1.45 bits per heavy atom. The highest BCUT2D eigenvalue weighted by molar-refractivity contribution is 8.00. The van der Waals surface area contributed by atoms with Gasteiger partial charge in [0, 0.05) is 6.04 Å². The summed E-state index contributed by atoms with van der Waals surface area (Å²) in [6.45, 7) is 7.24. The third-order valence-corrected chi connectivity index (χ3v) is 7.23. The van der Waals surface area contributed by atoms with Gasteiger partial charge in [-0.15, -0.1) is 11.8 Å². The first-order valence-corrected chi connectivity index (χ1v) is 8.65. The van der Waals surface area contributed by atoms with E-state index in [1.807, 2.05) is 0 Å². The van der Waals surface area contributed by atoms with Gasteiger partial charge in [-0.25, -0.2) is 0 Å². The number of carbonyl (C=O) groups is 2. The quantitative estimate of drug-likeness (QED) is 0.864. The lowest BCUT2D eigenvalue weighted by molar-refractivity contribution is -0.133. The van der Waals surface area contributed by atoms with Crippen LogP contribution in [-0.2, 0) is 9.59 Å². The summed E-state index contributed by atoms with van der Waals surface area (Å²) in [6, 6.07) is 0.272. The van der Waals surface area contributed by atoms with Crippen molar-refractivity contribution in [3.8, 4) is 0 Å². The highest BCUT2D eigenvalue weighted by Crippen LogP contribution is 2.65. The maximum absolute atomic E-state index is 12.2. The second-order valence-electron chi connectivity index (χ2n) is 7.30. The van der Waals surface area contributed by atoms with Crippen molar-refractivity contribution in [3.05, 3.63) is 0 Å². The largest absolute Gasteiger partial charge is 0.351 e. The minimum absolute atomic E-state index is 0.00965. The van der Waals surface area contributed by atoms with E-state index in [2.05, 4.69) is 26.1 Å². The summed E-state index contributed by atoms with van der Waals surface area (Å²) in [5.41, 5.74) is 0.515. The topological polar surface area (TPSA) is 49.4 Å². The van der Waals surface area contributed by atoms with Gasteiger partial charge in [0.25, 0.3) is 0 Å². The number of carbonyl (C=O) groups excluding carboxylic acids is 2. The molecular formula is C15H24N2O2S. The van der Waals surface area contributed by atoms with E-state index in [1.165, 1.54) is 12.8 Å². The molecule has 0 aromatic rings. The first-order valence-electron chi connectivity index (χ1n) is 7.49. The van der Waals surface area contributed by atoms with Crippen LogP contribution in [0.5, 0.6) is 0 Å². The number of thioether (sulfide) groups is 1. The Balaban J connectivity index is 1.62. The summed E-state index contributed by atoms with van der Waals surface area (Å²) in [6.07, 6.45) is 3.59. The number of hydrogen-bond acceptors (Lipinski definition) is 3. The number of nitrogens with zero attached hydrogens (tertiary/aromatic N) is 1. The third-order valence-electron chi connectivity index (χ3n) is 6.29. The van der Waals surface area contributed by atoms with Gasteiger partial charge < -0.3 is 10.2 Å². The number of fused-ring (bicyclic) bond motifs is 2. The number of amides is 2. The second-order valence-corrected chi connectivity index (χ2v) is 8.25. The lowest BCUT2D eigenvalue weighted by atomic mass is 9.69. The van der Waals surface area contributed by atoms with E-state index in [9.17, 15) is 9.59 Å². The molecule has 1 heterocycles. The Hall–Kier alpha value is -0.710. The van der Waals surface area contributed by atoms with Crippen molar-refractivity contribution in [2.45, 2.75) is 46.1 Å². The van der Waals surface area contributed by atoms with Crippen LogP contribution in [0.1, 0.15) is 40.0 Å². The fourth-order valence-corrected chi connectivity index (χ4v) is 5.28. The molecule has 5 heteroatoms. The fraction of sp³-hybridized carbons (Fsp3) is 0.867. The second kappa shape index (κ2) is 4.65. The van der Waals surface area contributed by atoms with Crippen molar-refractivity contribution in [2.24, 2.45) is 16.7 Å². The van der Waals surface area contributed by atoms with Crippen LogP contribution in [-0.4, -0.2) is 40.9 Å². The van der Waals surface area contributed by atoms with Crippen LogP contribution >= 0.6 is 11.8 Å². The smallest absolute Gasteiger partial charge is 0.239 e. The summed E-state index contributed by atoms with van der Waals surface area (Å²) in [5.74, 6) is 1.99. The van der Waals surface area contributed by atoms with Gasteiger partial charge in [-0.3, -0.25) is 9.59 Å². The summed E-state index contributed by atoms with van der Waals surface area (Å²) in [4.78, 5) is 25.4. The number of nitrogens with one attached hydrogen (secondary N) is 1. The van der Waals surface area contributed by atoms with E-state index in [1.54, 1.807) is 16.7 Å². The van der Waals surface area contributed by atoms with Gasteiger partial charge in [0.15, 0.2) is 0 Å². The summed E-state index contributed by atoms with van der Waals surface area (Å²) >= 11 is 1.58. The van der Waals surface area contributed by atoms with Crippen LogP contribution in [0, 0.1) is 16.7 Å². The molecule has 3 unspecified atom stereocenters. The Morgan fingerprint density at radius 3 is 2.70 bits per heavy atom. The molecule has 2 amide bonds. The van der Waals surface area contributed by atoms with Crippen molar-refractivity contribution in [1.82, 2.24) is 10.2 Å². The van der Waals surface area contributed by atoms with E-state index < -0.39 is 0 Å². The molecule has 0 spiro atoms. The van der Waals surface area contributed by atoms with E-state index in [4.69, 9.17) is 0 Å². The van der Waals surface area contributed by atoms with Crippen LogP contribution in [0.4, 0.5) is 0 Å². The molecule has 1 aliphatic heterocycles. The maximum Gasteiger partial charge on any atom is 0.239 e. The van der Waals surface area contributed by atoms with Gasteiger partial charge in [0.2, 0.25) is 11.8 Å². The van der Waals surface area contributed by atoms with E-state index in [-0.39, 0.29) is 29.8 Å². The Kier molecular flexibility index (Phi) is 3.31. The molecule has 2 aliphatic carbocycles. The first-order chi connectivity index (χ1) is 9.34. The average Bonchev–Trinajstić information content (AvgIpc) is 2.91. The van der Waals surface area contributed by atoms with Crippen molar-refractivity contribution < 1.29 is 9.59 Å².